The highest BCUT2D eigenvalue weighted by molar-refractivity contribution is 5.29. The molecule has 0 spiro atoms. The smallest absolute Gasteiger partial charge is 0.123 e. The van der Waals surface area contributed by atoms with Crippen LogP contribution in [0.3, 0.4) is 0 Å². The molecule has 1 aromatic carbocycles. The largest absolute Gasteiger partial charge is 0.384 e. The van der Waals surface area contributed by atoms with Crippen LogP contribution >= 0.6 is 0 Å². The molecule has 0 aromatic heterocycles. The highest BCUT2D eigenvalue weighted by atomic mass is 19.1. The van der Waals surface area contributed by atoms with Gasteiger partial charge in [0.1, 0.15) is 16.8 Å². The van der Waals surface area contributed by atoms with Gasteiger partial charge in [-0.1, -0.05) is 12.1 Å². The summed E-state index contributed by atoms with van der Waals surface area (Å²) >= 11 is 0. The van der Waals surface area contributed by atoms with E-state index < -0.39 is 11.0 Å². The lowest BCUT2D eigenvalue weighted by molar-refractivity contribution is -0.113. The van der Waals surface area contributed by atoms with Gasteiger partial charge < -0.3 is 9.84 Å². The van der Waals surface area contributed by atoms with Crippen molar-refractivity contribution in [2.75, 3.05) is 13.2 Å². The van der Waals surface area contributed by atoms with Crippen LogP contribution in [0.15, 0.2) is 24.3 Å². The number of rotatable bonds is 2. The number of hydrogen-bond donors (Lipinski definition) is 1. The van der Waals surface area contributed by atoms with Crippen molar-refractivity contribution in [3.63, 3.8) is 0 Å². The summed E-state index contributed by atoms with van der Waals surface area (Å²) in [4.78, 5) is 0. The number of halogens is 1. The molecule has 1 fully saturated rings. The number of aliphatic hydroxyl groups is 1. The van der Waals surface area contributed by atoms with Gasteiger partial charge in [-0.15, -0.1) is 0 Å². The van der Waals surface area contributed by atoms with E-state index in [0.29, 0.717) is 18.6 Å². The molecule has 96 valence electrons. The van der Waals surface area contributed by atoms with Crippen LogP contribution < -0.4 is 0 Å². The zero-order chi connectivity index (χ0) is 13.2. The highest BCUT2D eigenvalue weighted by Gasteiger charge is 2.50. The van der Waals surface area contributed by atoms with Gasteiger partial charge in [0.15, 0.2) is 0 Å². The summed E-state index contributed by atoms with van der Waals surface area (Å²) in [7, 11) is 0. The van der Waals surface area contributed by atoms with Crippen LogP contribution in [0, 0.1) is 22.6 Å². The molecule has 18 heavy (non-hydrogen) atoms. The molecule has 2 unspecified atom stereocenters. The molecule has 0 amide bonds. The molecule has 1 saturated heterocycles. The van der Waals surface area contributed by atoms with Crippen molar-refractivity contribution in [3.8, 4) is 6.07 Å². The first-order chi connectivity index (χ1) is 8.52. The van der Waals surface area contributed by atoms with E-state index in [4.69, 9.17) is 4.74 Å². The molecule has 1 aliphatic rings. The fourth-order valence-corrected chi connectivity index (χ4v) is 2.43. The summed E-state index contributed by atoms with van der Waals surface area (Å²) in [5.41, 5.74) is -1.78. The van der Waals surface area contributed by atoms with Crippen molar-refractivity contribution in [1.29, 1.82) is 5.26 Å². The maximum Gasteiger partial charge on any atom is 0.123 e. The fourth-order valence-electron chi connectivity index (χ4n) is 2.43. The molecule has 1 aliphatic heterocycles. The summed E-state index contributed by atoms with van der Waals surface area (Å²) in [6.45, 7) is 2.41. The summed E-state index contributed by atoms with van der Waals surface area (Å²) in [6.07, 6.45) is 1.32. The van der Waals surface area contributed by atoms with Crippen LogP contribution in [0.5, 0.6) is 0 Å². The lowest BCUT2D eigenvalue weighted by Gasteiger charge is -2.42. The average molecular weight is 249 g/mol. The number of nitrogens with zero attached hydrogens (tertiary/aromatic N) is 1. The first kappa shape index (κ1) is 13.0. The van der Waals surface area contributed by atoms with Crippen molar-refractivity contribution in [2.24, 2.45) is 5.41 Å². The molecular weight excluding hydrogens is 233 g/mol. The second-order valence-electron chi connectivity index (χ2n) is 4.93. The maximum atomic E-state index is 12.9. The third-order valence-electron chi connectivity index (χ3n) is 3.79. The van der Waals surface area contributed by atoms with Crippen molar-refractivity contribution < 1.29 is 14.2 Å². The molecule has 2 rings (SSSR count). The van der Waals surface area contributed by atoms with E-state index in [9.17, 15) is 14.8 Å². The molecule has 3 nitrogen and oxygen atoms in total. The molecule has 4 heteroatoms. The Morgan fingerprint density at radius 3 is 2.61 bits per heavy atom. The molecule has 0 radical (unpaired) electrons. The maximum absolute atomic E-state index is 12.9. The SMILES string of the molecule is CC(O)(c1ccc(F)cc1)C1(C#N)CCCOC1. The van der Waals surface area contributed by atoms with Crippen LogP contribution in [-0.4, -0.2) is 18.3 Å². The quantitative estimate of drug-likeness (QED) is 0.875. The van der Waals surface area contributed by atoms with E-state index >= 15 is 0 Å². The monoisotopic (exact) mass is 249 g/mol. The number of ether oxygens (including phenoxy) is 1. The normalized spacial score (nSPS) is 27.2. The minimum absolute atomic E-state index is 0.202. The van der Waals surface area contributed by atoms with E-state index in [1.54, 1.807) is 6.92 Å². The van der Waals surface area contributed by atoms with Gasteiger partial charge >= 0.3 is 0 Å². The van der Waals surface area contributed by atoms with Gasteiger partial charge in [-0.3, -0.25) is 0 Å². The van der Waals surface area contributed by atoms with Crippen molar-refractivity contribution >= 4 is 0 Å². The summed E-state index contributed by atoms with van der Waals surface area (Å²) in [6, 6.07) is 7.82. The number of nitriles is 1. The van der Waals surface area contributed by atoms with E-state index in [-0.39, 0.29) is 12.4 Å². The minimum atomic E-state index is -1.35. The van der Waals surface area contributed by atoms with E-state index in [0.717, 1.165) is 6.42 Å². The molecule has 1 aromatic rings. The third-order valence-corrected chi connectivity index (χ3v) is 3.79. The Morgan fingerprint density at radius 1 is 1.44 bits per heavy atom. The topological polar surface area (TPSA) is 53.2 Å². The molecule has 1 N–H and O–H groups in total. The lowest BCUT2D eigenvalue weighted by Crippen LogP contribution is -2.48. The number of hydrogen-bond acceptors (Lipinski definition) is 3. The molecule has 2 atom stereocenters. The Kier molecular flexibility index (Phi) is 3.38. The van der Waals surface area contributed by atoms with Crippen LogP contribution in [-0.2, 0) is 10.3 Å². The summed E-state index contributed by atoms with van der Waals surface area (Å²) in [5.74, 6) is -0.361. The van der Waals surface area contributed by atoms with Gasteiger partial charge in [0.2, 0.25) is 0 Å². The Morgan fingerprint density at radius 2 is 2.11 bits per heavy atom. The van der Waals surface area contributed by atoms with Gasteiger partial charge in [0, 0.05) is 6.61 Å². The predicted molar refractivity (Wildman–Crippen MR) is 64.1 cm³/mol. The van der Waals surface area contributed by atoms with Gasteiger partial charge in [-0.05, 0) is 37.5 Å². The van der Waals surface area contributed by atoms with E-state index in [1.807, 2.05) is 0 Å². The predicted octanol–water partition coefficient (Wildman–Crippen LogP) is 2.35. The van der Waals surface area contributed by atoms with E-state index in [1.165, 1.54) is 24.3 Å². The van der Waals surface area contributed by atoms with Crippen LogP contribution in [0.25, 0.3) is 0 Å². The minimum Gasteiger partial charge on any atom is -0.384 e. The Bertz CT molecular complexity index is 456. The molecule has 1 heterocycles. The third kappa shape index (κ3) is 2.00. The van der Waals surface area contributed by atoms with Gasteiger partial charge in [0.25, 0.3) is 0 Å². The molecule has 0 saturated carbocycles. The summed E-state index contributed by atoms with van der Waals surface area (Å²) in [5, 5.41) is 20.2. The molecule has 0 bridgehead atoms. The summed E-state index contributed by atoms with van der Waals surface area (Å²) < 4.78 is 18.3. The first-order valence-corrected chi connectivity index (χ1v) is 5.99. The average Bonchev–Trinajstić information content (AvgIpc) is 2.40. The fraction of sp³-hybridized carbons (Fsp3) is 0.500. The van der Waals surface area contributed by atoms with Crippen LogP contribution in [0.1, 0.15) is 25.3 Å². The van der Waals surface area contributed by atoms with E-state index in [2.05, 4.69) is 6.07 Å². The number of benzene rings is 1. The Hall–Kier alpha value is -1.44. The Balaban J connectivity index is 2.39. The second kappa shape index (κ2) is 4.68. The van der Waals surface area contributed by atoms with Crippen molar-refractivity contribution in [2.45, 2.75) is 25.4 Å². The van der Waals surface area contributed by atoms with Crippen LogP contribution in [0.2, 0.25) is 0 Å². The zero-order valence-electron chi connectivity index (χ0n) is 10.3. The lowest BCUT2D eigenvalue weighted by atomic mass is 9.67. The van der Waals surface area contributed by atoms with Crippen molar-refractivity contribution in [3.05, 3.63) is 35.6 Å². The molecular formula is C14H16FNO2. The highest BCUT2D eigenvalue weighted by Crippen LogP contribution is 2.44. The zero-order valence-corrected chi connectivity index (χ0v) is 10.3. The van der Waals surface area contributed by atoms with Gasteiger partial charge in [-0.2, -0.15) is 5.26 Å². The van der Waals surface area contributed by atoms with Crippen molar-refractivity contribution in [1.82, 2.24) is 0 Å². The second-order valence-corrected chi connectivity index (χ2v) is 4.93. The van der Waals surface area contributed by atoms with Crippen LogP contribution in [0.4, 0.5) is 4.39 Å². The molecule has 0 aliphatic carbocycles. The van der Waals surface area contributed by atoms with Gasteiger partial charge in [0.05, 0.1) is 12.7 Å². The van der Waals surface area contributed by atoms with Gasteiger partial charge in [-0.25, -0.2) is 4.39 Å². The first-order valence-electron chi connectivity index (χ1n) is 5.99. The Labute approximate surface area is 106 Å². The standard InChI is InChI=1S/C14H16FNO2/c1-13(17,11-3-5-12(15)6-4-11)14(9-16)7-2-8-18-10-14/h3-6,17H,2,7-8,10H2,1H3.